The topological polar surface area (TPSA) is 60.5 Å². The maximum atomic E-state index is 12.6. The Kier molecular flexibility index (Phi) is 5.59. The van der Waals surface area contributed by atoms with Gasteiger partial charge in [0.2, 0.25) is 5.91 Å². The third-order valence-corrected chi connectivity index (χ3v) is 4.82. The van der Waals surface area contributed by atoms with E-state index >= 15 is 0 Å². The molecule has 3 heterocycles. The van der Waals surface area contributed by atoms with Gasteiger partial charge in [-0.3, -0.25) is 9.78 Å². The Labute approximate surface area is 138 Å². The van der Waals surface area contributed by atoms with Crippen LogP contribution in [0.15, 0.2) is 24.4 Å². The van der Waals surface area contributed by atoms with Crippen LogP contribution >= 0.6 is 0 Å². The lowest BCUT2D eigenvalue weighted by Gasteiger charge is -2.29. The molecule has 2 fully saturated rings. The molecule has 6 nitrogen and oxygen atoms in total. The summed E-state index contributed by atoms with van der Waals surface area (Å²) in [6, 6.07) is 5.80. The molecule has 2 atom stereocenters. The monoisotopic (exact) mass is 317 g/mol. The predicted molar refractivity (Wildman–Crippen MR) is 89.6 cm³/mol. The number of carbonyl (C=O) groups is 1. The number of hydrogen-bond acceptors (Lipinski definition) is 5. The third-order valence-electron chi connectivity index (χ3n) is 4.82. The number of likely N-dealkylation sites (N-methyl/N-ethyl adjacent to an activating group) is 1. The number of hydrazine groups is 1. The van der Waals surface area contributed by atoms with Crippen molar-refractivity contribution in [2.24, 2.45) is 0 Å². The average molecular weight is 317 g/mol. The van der Waals surface area contributed by atoms with Crippen LogP contribution in [0.2, 0.25) is 0 Å². The largest absolute Gasteiger partial charge is 0.343 e. The van der Waals surface area contributed by atoms with Gasteiger partial charge in [-0.05, 0) is 44.5 Å². The van der Waals surface area contributed by atoms with E-state index in [1.807, 2.05) is 30.1 Å². The first-order chi connectivity index (χ1) is 11.2. The van der Waals surface area contributed by atoms with Crippen molar-refractivity contribution >= 4 is 5.91 Å². The Morgan fingerprint density at radius 2 is 2.13 bits per heavy atom. The second kappa shape index (κ2) is 7.86. The molecule has 0 aliphatic carbocycles. The molecule has 2 aliphatic rings. The van der Waals surface area contributed by atoms with Gasteiger partial charge in [-0.2, -0.15) is 0 Å². The molecule has 0 radical (unpaired) electrons. The molecule has 3 rings (SSSR count). The average Bonchev–Trinajstić information content (AvgIpc) is 3.11. The van der Waals surface area contributed by atoms with Crippen LogP contribution in [0.1, 0.15) is 37.4 Å². The maximum Gasteiger partial charge on any atom is 0.240 e. The van der Waals surface area contributed by atoms with E-state index in [4.69, 9.17) is 0 Å². The summed E-state index contributed by atoms with van der Waals surface area (Å²) in [5, 5.41) is 0. The quantitative estimate of drug-likeness (QED) is 0.846. The first kappa shape index (κ1) is 16.4. The Balaban J connectivity index is 1.46. The number of carbonyl (C=O) groups excluding carboxylic acids is 1. The normalized spacial score (nSPS) is 25.4. The van der Waals surface area contributed by atoms with Crippen molar-refractivity contribution in [3.63, 3.8) is 0 Å². The molecule has 23 heavy (non-hydrogen) atoms. The highest BCUT2D eigenvalue weighted by atomic mass is 16.2. The number of likely N-dealkylation sites (tertiary alicyclic amines) is 1. The second-order valence-electron chi connectivity index (χ2n) is 6.55. The molecule has 0 aromatic carbocycles. The van der Waals surface area contributed by atoms with Crippen LogP contribution in [0.25, 0.3) is 0 Å². The summed E-state index contributed by atoms with van der Waals surface area (Å²) < 4.78 is 0. The van der Waals surface area contributed by atoms with Gasteiger partial charge in [-0.1, -0.05) is 12.5 Å². The van der Waals surface area contributed by atoms with Gasteiger partial charge in [-0.25, -0.2) is 10.9 Å². The van der Waals surface area contributed by atoms with Crippen molar-refractivity contribution < 1.29 is 4.79 Å². The number of aromatic nitrogens is 1. The van der Waals surface area contributed by atoms with Gasteiger partial charge >= 0.3 is 0 Å². The van der Waals surface area contributed by atoms with Gasteiger partial charge in [0.05, 0.1) is 11.7 Å². The molecule has 1 aromatic rings. The number of rotatable bonds is 5. The standard InChI is InChI=1S/C17H27N5O/c1-21(11-12-22-9-5-2-6-10-22)17(23)16-13-15(19-20-16)14-7-3-4-8-18-14/h3-4,7-8,15-16,19-20H,2,5-6,9-13H2,1H3. The van der Waals surface area contributed by atoms with E-state index in [9.17, 15) is 4.79 Å². The fraction of sp³-hybridized carbons (Fsp3) is 0.647. The van der Waals surface area contributed by atoms with Gasteiger partial charge in [0.25, 0.3) is 0 Å². The molecule has 6 heteroatoms. The van der Waals surface area contributed by atoms with Crippen LogP contribution in [0.3, 0.4) is 0 Å². The van der Waals surface area contributed by atoms with Crippen LogP contribution in [0, 0.1) is 0 Å². The molecule has 2 aliphatic heterocycles. The van der Waals surface area contributed by atoms with Crippen molar-refractivity contribution in [2.75, 3.05) is 33.2 Å². The Morgan fingerprint density at radius 3 is 2.87 bits per heavy atom. The van der Waals surface area contributed by atoms with Crippen molar-refractivity contribution in [1.82, 2.24) is 25.6 Å². The summed E-state index contributed by atoms with van der Waals surface area (Å²) in [6.45, 7) is 4.12. The molecule has 2 saturated heterocycles. The van der Waals surface area contributed by atoms with Gasteiger partial charge in [0.1, 0.15) is 6.04 Å². The maximum absolute atomic E-state index is 12.6. The zero-order valence-electron chi connectivity index (χ0n) is 13.9. The molecular weight excluding hydrogens is 290 g/mol. The number of piperidine rings is 1. The fourth-order valence-electron chi connectivity index (χ4n) is 3.34. The van der Waals surface area contributed by atoms with Crippen molar-refractivity contribution in [3.05, 3.63) is 30.1 Å². The smallest absolute Gasteiger partial charge is 0.240 e. The highest BCUT2D eigenvalue weighted by molar-refractivity contribution is 5.82. The van der Waals surface area contributed by atoms with E-state index in [-0.39, 0.29) is 18.0 Å². The Bertz CT molecular complexity index is 503. The van der Waals surface area contributed by atoms with Crippen molar-refractivity contribution in [1.29, 1.82) is 0 Å². The molecule has 0 bridgehead atoms. The fourth-order valence-corrected chi connectivity index (χ4v) is 3.34. The minimum Gasteiger partial charge on any atom is -0.343 e. The molecule has 0 saturated carbocycles. The number of pyridine rings is 1. The van der Waals surface area contributed by atoms with Crippen molar-refractivity contribution in [2.45, 2.75) is 37.8 Å². The first-order valence-electron chi connectivity index (χ1n) is 8.63. The van der Waals surface area contributed by atoms with Crippen LogP contribution < -0.4 is 10.9 Å². The summed E-state index contributed by atoms with van der Waals surface area (Å²) in [5.74, 6) is 0.160. The van der Waals surface area contributed by atoms with E-state index in [1.165, 1.54) is 32.4 Å². The third kappa shape index (κ3) is 4.28. The minimum absolute atomic E-state index is 0.0978. The van der Waals surface area contributed by atoms with Crippen LogP contribution in [-0.2, 0) is 4.79 Å². The van der Waals surface area contributed by atoms with Gasteiger partial charge in [0.15, 0.2) is 0 Å². The zero-order chi connectivity index (χ0) is 16.1. The Hall–Kier alpha value is -1.50. The van der Waals surface area contributed by atoms with Gasteiger partial charge < -0.3 is 9.80 Å². The lowest BCUT2D eigenvalue weighted by atomic mass is 10.1. The lowest BCUT2D eigenvalue weighted by molar-refractivity contribution is -0.132. The molecule has 1 aromatic heterocycles. The molecule has 0 spiro atoms. The van der Waals surface area contributed by atoms with E-state index in [1.54, 1.807) is 6.20 Å². The summed E-state index contributed by atoms with van der Waals surface area (Å²) in [7, 11) is 1.90. The molecule has 126 valence electrons. The van der Waals surface area contributed by atoms with E-state index in [2.05, 4.69) is 20.7 Å². The van der Waals surface area contributed by atoms with E-state index < -0.39 is 0 Å². The second-order valence-corrected chi connectivity index (χ2v) is 6.55. The summed E-state index contributed by atoms with van der Waals surface area (Å²) in [5.41, 5.74) is 7.30. The van der Waals surface area contributed by atoms with Gasteiger partial charge in [-0.15, -0.1) is 0 Å². The lowest BCUT2D eigenvalue weighted by Crippen LogP contribution is -2.46. The van der Waals surface area contributed by atoms with Crippen LogP contribution in [-0.4, -0.2) is 60.0 Å². The van der Waals surface area contributed by atoms with Crippen LogP contribution in [0.4, 0.5) is 0 Å². The molecule has 1 amide bonds. The minimum atomic E-state index is -0.173. The number of amides is 1. The Morgan fingerprint density at radius 1 is 1.30 bits per heavy atom. The van der Waals surface area contributed by atoms with E-state index in [0.717, 1.165) is 25.2 Å². The van der Waals surface area contributed by atoms with Crippen molar-refractivity contribution in [3.8, 4) is 0 Å². The molecule has 2 N–H and O–H groups in total. The predicted octanol–water partition coefficient (Wildman–Crippen LogP) is 0.934. The molecule has 2 unspecified atom stereocenters. The summed E-state index contributed by atoms with van der Waals surface area (Å²) >= 11 is 0. The highest BCUT2D eigenvalue weighted by Crippen LogP contribution is 2.21. The first-order valence-corrected chi connectivity index (χ1v) is 8.63. The number of nitrogens with one attached hydrogen (secondary N) is 2. The van der Waals surface area contributed by atoms with E-state index in [0.29, 0.717) is 0 Å². The van der Waals surface area contributed by atoms with Gasteiger partial charge in [0, 0.05) is 26.3 Å². The summed E-state index contributed by atoms with van der Waals surface area (Å²) in [4.78, 5) is 21.3. The SMILES string of the molecule is CN(CCN1CCCCC1)C(=O)C1CC(c2ccccn2)NN1. The highest BCUT2D eigenvalue weighted by Gasteiger charge is 2.32. The summed E-state index contributed by atoms with van der Waals surface area (Å²) in [6.07, 6.45) is 6.45. The van der Waals surface area contributed by atoms with Crippen LogP contribution in [0.5, 0.6) is 0 Å². The number of nitrogens with zero attached hydrogens (tertiary/aromatic N) is 3. The number of hydrogen-bond donors (Lipinski definition) is 2. The zero-order valence-corrected chi connectivity index (χ0v) is 13.9. The molecular formula is C17H27N5O.